The van der Waals surface area contributed by atoms with Crippen LogP contribution in [0.3, 0.4) is 0 Å². The van der Waals surface area contributed by atoms with Crippen LogP contribution in [-0.2, 0) is 19.5 Å². The molecule has 2 aromatic rings. The summed E-state index contributed by atoms with van der Waals surface area (Å²) in [4.78, 5) is 11.2. The molecule has 0 amide bonds. The molecular weight excluding hydrogens is 298 g/mol. The highest BCUT2D eigenvalue weighted by Gasteiger charge is 2.12. The van der Waals surface area contributed by atoms with Crippen LogP contribution in [-0.4, -0.2) is 33.5 Å². The number of nitrogens with two attached hydrogens (primary N) is 1. The van der Waals surface area contributed by atoms with E-state index in [1.165, 1.54) is 24.8 Å². The zero-order valence-electron chi connectivity index (χ0n) is 14.3. The Hall–Kier alpha value is -2.30. The van der Waals surface area contributed by atoms with Gasteiger partial charge in [0.15, 0.2) is 5.96 Å². The van der Waals surface area contributed by atoms with Gasteiger partial charge in [0, 0.05) is 32.0 Å². The Morgan fingerprint density at radius 1 is 1.12 bits per heavy atom. The second-order valence-corrected chi connectivity index (χ2v) is 6.35. The fourth-order valence-corrected chi connectivity index (χ4v) is 3.17. The van der Waals surface area contributed by atoms with Gasteiger partial charge in [-0.25, -0.2) is 9.98 Å². The molecule has 5 heteroatoms. The summed E-state index contributed by atoms with van der Waals surface area (Å²) in [7, 11) is 0. The van der Waals surface area contributed by atoms with Crippen LogP contribution in [0.2, 0.25) is 0 Å². The standard InChI is InChI=1S/C19H27N5/c20-19(24-12-5-2-6-13-24)22-16-18-21-11-15-23(18)14-7-10-17-8-3-1-4-9-17/h1,3-4,8-9,11,15H,2,5-7,10,12-14,16H2,(H2,20,22). The Kier molecular flexibility index (Phi) is 5.88. The quantitative estimate of drug-likeness (QED) is 0.656. The summed E-state index contributed by atoms with van der Waals surface area (Å²) < 4.78 is 2.19. The van der Waals surface area contributed by atoms with Gasteiger partial charge >= 0.3 is 0 Å². The lowest BCUT2D eigenvalue weighted by Gasteiger charge is -2.27. The lowest BCUT2D eigenvalue weighted by atomic mass is 10.1. The molecule has 0 unspecified atom stereocenters. The maximum atomic E-state index is 6.13. The van der Waals surface area contributed by atoms with Crippen molar-refractivity contribution in [3.63, 3.8) is 0 Å². The number of nitrogens with zero attached hydrogens (tertiary/aromatic N) is 4. The summed E-state index contributed by atoms with van der Waals surface area (Å²) >= 11 is 0. The summed E-state index contributed by atoms with van der Waals surface area (Å²) in [5.74, 6) is 1.65. The predicted octanol–water partition coefficient (Wildman–Crippen LogP) is 2.82. The van der Waals surface area contributed by atoms with Gasteiger partial charge in [-0.1, -0.05) is 30.3 Å². The molecule has 0 bridgehead atoms. The largest absolute Gasteiger partial charge is 0.370 e. The van der Waals surface area contributed by atoms with Crippen LogP contribution in [0.15, 0.2) is 47.7 Å². The number of aliphatic imine (C=N–C) groups is 1. The third-order valence-electron chi connectivity index (χ3n) is 4.57. The molecule has 1 aliphatic heterocycles. The predicted molar refractivity (Wildman–Crippen MR) is 97.7 cm³/mol. The van der Waals surface area contributed by atoms with Crippen LogP contribution in [0.5, 0.6) is 0 Å². The third kappa shape index (κ3) is 4.60. The highest BCUT2D eigenvalue weighted by atomic mass is 15.3. The average molecular weight is 325 g/mol. The Morgan fingerprint density at radius 3 is 2.71 bits per heavy atom. The summed E-state index contributed by atoms with van der Waals surface area (Å²) in [5.41, 5.74) is 7.51. The van der Waals surface area contributed by atoms with Crippen LogP contribution >= 0.6 is 0 Å². The topological polar surface area (TPSA) is 59.4 Å². The zero-order chi connectivity index (χ0) is 16.6. The molecule has 0 aliphatic carbocycles. The van der Waals surface area contributed by atoms with Gasteiger partial charge in [0.1, 0.15) is 12.4 Å². The Bertz CT molecular complexity index is 641. The molecule has 1 aromatic heterocycles. The van der Waals surface area contributed by atoms with E-state index in [1.807, 2.05) is 12.4 Å². The number of hydrogen-bond donors (Lipinski definition) is 1. The van der Waals surface area contributed by atoms with Crippen molar-refractivity contribution in [3.8, 4) is 0 Å². The van der Waals surface area contributed by atoms with E-state index in [9.17, 15) is 0 Å². The third-order valence-corrected chi connectivity index (χ3v) is 4.57. The minimum atomic E-state index is 0.556. The van der Waals surface area contributed by atoms with Crippen LogP contribution in [0, 0.1) is 0 Å². The summed E-state index contributed by atoms with van der Waals surface area (Å²) in [5, 5.41) is 0. The van der Waals surface area contributed by atoms with E-state index in [4.69, 9.17) is 5.73 Å². The molecule has 128 valence electrons. The van der Waals surface area contributed by atoms with Crippen molar-refractivity contribution >= 4 is 5.96 Å². The molecule has 0 atom stereocenters. The van der Waals surface area contributed by atoms with Crippen molar-refractivity contribution in [2.24, 2.45) is 10.7 Å². The highest BCUT2D eigenvalue weighted by Crippen LogP contribution is 2.09. The SMILES string of the molecule is NC(=NCc1nccn1CCCc1ccccc1)N1CCCCC1. The molecular formula is C19H27N5. The van der Waals surface area contributed by atoms with Gasteiger partial charge in [-0.15, -0.1) is 0 Å². The normalized spacial score (nSPS) is 15.7. The molecule has 1 saturated heterocycles. The van der Waals surface area contributed by atoms with E-state index in [0.717, 1.165) is 38.3 Å². The number of rotatable bonds is 6. The smallest absolute Gasteiger partial charge is 0.191 e. The minimum Gasteiger partial charge on any atom is -0.370 e. The van der Waals surface area contributed by atoms with Crippen molar-refractivity contribution in [1.29, 1.82) is 0 Å². The molecule has 2 N–H and O–H groups in total. The number of aryl methyl sites for hydroxylation is 2. The molecule has 2 heterocycles. The number of guanidine groups is 1. The molecule has 0 spiro atoms. The minimum absolute atomic E-state index is 0.556. The molecule has 24 heavy (non-hydrogen) atoms. The van der Waals surface area contributed by atoms with Gasteiger partial charge < -0.3 is 15.2 Å². The first kappa shape index (κ1) is 16.6. The van der Waals surface area contributed by atoms with Crippen LogP contribution in [0.25, 0.3) is 0 Å². The Morgan fingerprint density at radius 2 is 1.92 bits per heavy atom. The fraction of sp³-hybridized carbons (Fsp3) is 0.474. The van der Waals surface area contributed by atoms with E-state index in [-0.39, 0.29) is 0 Å². The Balaban J connectivity index is 1.51. The van der Waals surface area contributed by atoms with Crippen LogP contribution in [0.4, 0.5) is 0 Å². The summed E-state index contributed by atoms with van der Waals surface area (Å²) in [6, 6.07) is 10.6. The van der Waals surface area contributed by atoms with E-state index in [0.29, 0.717) is 12.5 Å². The van der Waals surface area contributed by atoms with Gasteiger partial charge in [-0.2, -0.15) is 0 Å². The lowest BCUT2D eigenvalue weighted by molar-refractivity contribution is 0.338. The van der Waals surface area contributed by atoms with Crippen molar-refractivity contribution < 1.29 is 0 Å². The first-order valence-corrected chi connectivity index (χ1v) is 8.92. The number of piperidine rings is 1. The van der Waals surface area contributed by atoms with Gasteiger partial charge in [-0.3, -0.25) is 0 Å². The molecule has 1 fully saturated rings. The lowest BCUT2D eigenvalue weighted by Crippen LogP contribution is -2.40. The van der Waals surface area contributed by atoms with Gasteiger partial charge in [-0.05, 0) is 37.7 Å². The second kappa shape index (κ2) is 8.52. The van der Waals surface area contributed by atoms with E-state index in [2.05, 4.69) is 49.8 Å². The van der Waals surface area contributed by atoms with E-state index >= 15 is 0 Å². The molecule has 5 nitrogen and oxygen atoms in total. The van der Waals surface area contributed by atoms with Crippen molar-refractivity contribution in [1.82, 2.24) is 14.5 Å². The van der Waals surface area contributed by atoms with Crippen molar-refractivity contribution in [2.45, 2.75) is 45.2 Å². The maximum absolute atomic E-state index is 6.13. The van der Waals surface area contributed by atoms with E-state index in [1.54, 1.807) is 0 Å². The van der Waals surface area contributed by atoms with Gasteiger partial charge in [0.05, 0.1) is 0 Å². The molecule has 0 radical (unpaired) electrons. The summed E-state index contributed by atoms with van der Waals surface area (Å²) in [6.07, 6.45) is 9.79. The average Bonchev–Trinajstić information content (AvgIpc) is 3.09. The van der Waals surface area contributed by atoms with Gasteiger partial charge in [0.2, 0.25) is 0 Å². The molecule has 1 aromatic carbocycles. The molecule has 3 rings (SSSR count). The fourth-order valence-electron chi connectivity index (χ4n) is 3.17. The number of aromatic nitrogens is 2. The maximum Gasteiger partial charge on any atom is 0.191 e. The first-order chi connectivity index (χ1) is 11.8. The monoisotopic (exact) mass is 325 g/mol. The first-order valence-electron chi connectivity index (χ1n) is 8.92. The van der Waals surface area contributed by atoms with Crippen LogP contribution < -0.4 is 5.73 Å². The zero-order valence-corrected chi connectivity index (χ0v) is 14.3. The summed E-state index contributed by atoms with van der Waals surface area (Å²) in [6.45, 7) is 3.58. The van der Waals surface area contributed by atoms with Crippen molar-refractivity contribution in [2.75, 3.05) is 13.1 Å². The number of hydrogen-bond acceptors (Lipinski definition) is 2. The van der Waals surface area contributed by atoms with Crippen LogP contribution in [0.1, 0.15) is 37.1 Å². The molecule has 0 saturated carbocycles. The number of benzene rings is 1. The highest BCUT2D eigenvalue weighted by molar-refractivity contribution is 5.78. The van der Waals surface area contributed by atoms with E-state index < -0.39 is 0 Å². The number of imidazole rings is 1. The molecule has 1 aliphatic rings. The number of likely N-dealkylation sites (tertiary alicyclic amines) is 1. The van der Waals surface area contributed by atoms with Gasteiger partial charge in [0.25, 0.3) is 0 Å². The Labute approximate surface area is 144 Å². The second-order valence-electron chi connectivity index (χ2n) is 6.35. The van der Waals surface area contributed by atoms with Crippen molar-refractivity contribution in [3.05, 3.63) is 54.1 Å².